The van der Waals surface area contributed by atoms with Crippen molar-refractivity contribution in [2.24, 2.45) is 0 Å². The van der Waals surface area contributed by atoms with E-state index in [-0.39, 0.29) is 37.6 Å². The molecule has 0 heterocycles. The number of esters is 2. The lowest BCUT2D eigenvalue weighted by Gasteiger charge is -2.06. The summed E-state index contributed by atoms with van der Waals surface area (Å²) in [6.45, 7) is 5.33. The van der Waals surface area contributed by atoms with Gasteiger partial charge in [-0.3, -0.25) is 19.2 Å². The maximum atomic E-state index is 11.5. The maximum Gasteiger partial charge on any atom is 0.306 e. The van der Waals surface area contributed by atoms with Crippen LogP contribution < -0.4 is 0 Å². The molecule has 0 aliphatic heterocycles. The Labute approximate surface area is 193 Å². The molecule has 8 nitrogen and oxygen atoms in total. The van der Waals surface area contributed by atoms with Gasteiger partial charge < -0.3 is 19.7 Å². The minimum absolute atomic E-state index is 0.130. The summed E-state index contributed by atoms with van der Waals surface area (Å²) in [5.41, 5.74) is 0. The van der Waals surface area contributed by atoms with Crippen molar-refractivity contribution in [3.05, 3.63) is 0 Å². The van der Waals surface area contributed by atoms with Gasteiger partial charge in [0.1, 0.15) is 0 Å². The first-order chi connectivity index (χ1) is 15.3. The summed E-state index contributed by atoms with van der Waals surface area (Å²) in [4.78, 5) is 42.3. The molecule has 0 amide bonds. The molecule has 0 rings (SSSR count). The number of ether oxygens (including phenoxy) is 2. The smallest absolute Gasteiger partial charge is 0.306 e. The summed E-state index contributed by atoms with van der Waals surface area (Å²) in [6.07, 6.45) is 13.7. The summed E-state index contributed by atoms with van der Waals surface area (Å²) in [5.74, 6) is -2.74. The van der Waals surface area contributed by atoms with Crippen LogP contribution in [-0.4, -0.2) is 47.3 Å². The van der Waals surface area contributed by atoms with E-state index in [9.17, 15) is 19.2 Å². The largest absolute Gasteiger partial charge is 0.481 e. The Hall–Kier alpha value is -2.12. The number of carbonyl (C=O) groups excluding carboxylic acids is 2. The SMILES string of the molecule is CCCCCCCCOC(=O)CCC(=O)OCCCCCCCC.O=C(O)CCC(=O)O. The summed E-state index contributed by atoms with van der Waals surface area (Å²) in [7, 11) is 0. The number of unbranched alkanes of at least 4 members (excludes halogenated alkanes) is 10. The van der Waals surface area contributed by atoms with Crippen LogP contribution in [0.25, 0.3) is 0 Å². The van der Waals surface area contributed by atoms with Gasteiger partial charge in [-0.2, -0.15) is 0 Å². The van der Waals surface area contributed by atoms with E-state index in [0.29, 0.717) is 13.2 Å². The fraction of sp³-hybridized carbons (Fsp3) is 0.833. The third kappa shape index (κ3) is 30.1. The number of aliphatic carboxylic acids is 2. The highest BCUT2D eigenvalue weighted by molar-refractivity contribution is 5.77. The third-order valence-corrected chi connectivity index (χ3v) is 4.61. The number of hydrogen-bond donors (Lipinski definition) is 2. The van der Waals surface area contributed by atoms with Gasteiger partial charge in [-0.15, -0.1) is 0 Å². The quantitative estimate of drug-likeness (QED) is 0.180. The highest BCUT2D eigenvalue weighted by Gasteiger charge is 2.09. The minimum Gasteiger partial charge on any atom is -0.481 e. The zero-order chi connectivity index (χ0) is 24.5. The normalized spacial score (nSPS) is 10.1. The number of carboxylic acids is 2. The van der Waals surface area contributed by atoms with E-state index in [1.54, 1.807) is 0 Å². The van der Waals surface area contributed by atoms with Gasteiger partial charge in [0.2, 0.25) is 0 Å². The van der Waals surface area contributed by atoms with Crippen LogP contribution in [0.3, 0.4) is 0 Å². The van der Waals surface area contributed by atoms with Gasteiger partial charge in [0.25, 0.3) is 0 Å². The second kappa shape index (κ2) is 25.1. The molecule has 0 unspecified atom stereocenters. The first kappa shape index (κ1) is 32.1. The molecule has 2 N–H and O–H groups in total. The molecule has 0 saturated carbocycles. The average Bonchev–Trinajstić information content (AvgIpc) is 2.75. The van der Waals surface area contributed by atoms with Crippen LogP contribution in [0.5, 0.6) is 0 Å². The molecule has 32 heavy (non-hydrogen) atoms. The molecule has 8 heteroatoms. The monoisotopic (exact) mass is 460 g/mol. The van der Waals surface area contributed by atoms with Crippen molar-refractivity contribution >= 4 is 23.9 Å². The molecule has 0 saturated heterocycles. The highest BCUT2D eigenvalue weighted by atomic mass is 16.5. The van der Waals surface area contributed by atoms with Gasteiger partial charge >= 0.3 is 23.9 Å². The Balaban J connectivity index is 0. The molecule has 0 aromatic rings. The molecule has 0 atom stereocenters. The van der Waals surface area contributed by atoms with Crippen LogP contribution in [0.2, 0.25) is 0 Å². The number of carboxylic acid groups (broad SMARTS) is 2. The number of hydrogen-bond acceptors (Lipinski definition) is 6. The first-order valence-electron chi connectivity index (χ1n) is 12.1. The summed E-state index contributed by atoms with van der Waals surface area (Å²) in [6, 6.07) is 0. The van der Waals surface area contributed by atoms with Crippen LogP contribution >= 0.6 is 0 Å². The van der Waals surface area contributed by atoms with Crippen molar-refractivity contribution in [3.63, 3.8) is 0 Å². The lowest BCUT2D eigenvalue weighted by atomic mass is 10.1. The molecule has 0 aromatic carbocycles. The lowest BCUT2D eigenvalue weighted by molar-refractivity contribution is -0.150. The van der Waals surface area contributed by atoms with Crippen LogP contribution in [0.1, 0.15) is 117 Å². The molecule has 188 valence electrons. The molecular formula is C24H44O8. The Morgan fingerprint density at radius 2 is 0.812 bits per heavy atom. The summed E-state index contributed by atoms with van der Waals surface area (Å²) >= 11 is 0. The number of carbonyl (C=O) groups is 4. The molecule has 0 radical (unpaired) electrons. The Morgan fingerprint density at radius 1 is 0.500 bits per heavy atom. The van der Waals surface area contributed by atoms with E-state index in [2.05, 4.69) is 13.8 Å². The maximum absolute atomic E-state index is 11.5. The van der Waals surface area contributed by atoms with Crippen LogP contribution in [0.15, 0.2) is 0 Å². The predicted octanol–water partition coefficient (Wildman–Crippen LogP) is 5.51. The Morgan fingerprint density at radius 3 is 1.12 bits per heavy atom. The minimum atomic E-state index is -1.08. The van der Waals surface area contributed by atoms with Crippen LogP contribution in [-0.2, 0) is 28.7 Å². The van der Waals surface area contributed by atoms with Crippen molar-refractivity contribution in [2.45, 2.75) is 117 Å². The van der Waals surface area contributed by atoms with Gasteiger partial charge in [0.05, 0.1) is 38.9 Å². The summed E-state index contributed by atoms with van der Waals surface area (Å²) in [5, 5.41) is 15.8. The van der Waals surface area contributed by atoms with Crippen molar-refractivity contribution < 1.29 is 38.9 Å². The molecule has 0 aliphatic rings. The Kier molecular flexibility index (Phi) is 25.2. The van der Waals surface area contributed by atoms with Crippen molar-refractivity contribution in [2.75, 3.05) is 13.2 Å². The van der Waals surface area contributed by atoms with E-state index in [1.807, 2.05) is 0 Å². The van der Waals surface area contributed by atoms with E-state index in [0.717, 1.165) is 25.7 Å². The van der Waals surface area contributed by atoms with Gasteiger partial charge in [0, 0.05) is 0 Å². The van der Waals surface area contributed by atoms with E-state index >= 15 is 0 Å². The highest BCUT2D eigenvalue weighted by Crippen LogP contribution is 2.07. The van der Waals surface area contributed by atoms with Gasteiger partial charge in [-0.25, -0.2) is 0 Å². The predicted molar refractivity (Wildman–Crippen MR) is 122 cm³/mol. The molecule has 0 aliphatic carbocycles. The first-order valence-corrected chi connectivity index (χ1v) is 12.1. The fourth-order valence-electron chi connectivity index (χ4n) is 2.70. The zero-order valence-corrected chi connectivity index (χ0v) is 20.1. The fourth-order valence-corrected chi connectivity index (χ4v) is 2.70. The molecule has 0 aromatic heterocycles. The third-order valence-electron chi connectivity index (χ3n) is 4.61. The van der Waals surface area contributed by atoms with Crippen LogP contribution in [0.4, 0.5) is 0 Å². The van der Waals surface area contributed by atoms with Crippen molar-refractivity contribution in [3.8, 4) is 0 Å². The zero-order valence-electron chi connectivity index (χ0n) is 20.1. The van der Waals surface area contributed by atoms with Gasteiger partial charge in [0.15, 0.2) is 0 Å². The molecule has 0 bridgehead atoms. The second-order valence-corrected chi connectivity index (χ2v) is 7.76. The topological polar surface area (TPSA) is 127 Å². The van der Waals surface area contributed by atoms with E-state index < -0.39 is 11.9 Å². The van der Waals surface area contributed by atoms with E-state index in [4.69, 9.17) is 19.7 Å². The van der Waals surface area contributed by atoms with Gasteiger partial charge in [-0.05, 0) is 12.8 Å². The Bertz CT molecular complexity index is 446. The van der Waals surface area contributed by atoms with Gasteiger partial charge in [-0.1, -0.05) is 78.1 Å². The van der Waals surface area contributed by atoms with E-state index in [1.165, 1.54) is 51.4 Å². The summed E-state index contributed by atoms with van der Waals surface area (Å²) < 4.78 is 10.3. The average molecular weight is 461 g/mol. The molecule has 0 spiro atoms. The second-order valence-electron chi connectivity index (χ2n) is 7.76. The van der Waals surface area contributed by atoms with Crippen molar-refractivity contribution in [1.82, 2.24) is 0 Å². The van der Waals surface area contributed by atoms with Crippen molar-refractivity contribution in [1.29, 1.82) is 0 Å². The molecular weight excluding hydrogens is 416 g/mol. The number of rotatable bonds is 20. The standard InChI is InChI=1S/C20H38O4.C4H6O4/c1-3-5-7-9-11-13-17-23-19(21)15-16-20(22)24-18-14-12-10-8-6-4-2;5-3(6)1-2-4(7)8/h3-18H2,1-2H3;1-2H2,(H,5,6)(H,7,8). The molecule has 0 fully saturated rings. The lowest BCUT2D eigenvalue weighted by Crippen LogP contribution is -2.11. The van der Waals surface area contributed by atoms with Crippen LogP contribution in [0, 0.1) is 0 Å².